The van der Waals surface area contributed by atoms with Gasteiger partial charge in [0.2, 0.25) is 0 Å². The molecule has 0 aliphatic heterocycles. The molecule has 4 rings (SSSR count). The Morgan fingerprint density at radius 1 is 0.930 bits per heavy atom. The first-order valence-corrected chi connectivity index (χ1v) is 16.1. The molecule has 10 heteroatoms. The summed E-state index contributed by atoms with van der Waals surface area (Å²) in [6.45, 7) is 5.20. The molecule has 0 heterocycles. The van der Waals surface area contributed by atoms with Crippen molar-refractivity contribution in [3.63, 3.8) is 0 Å². The van der Waals surface area contributed by atoms with Crippen LogP contribution in [0.1, 0.15) is 57.6 Å². The average molecular weight is 611 g/mol. The number of ether oxygens (including phenoxy) is 2. The minimum atomic E-state index is -4.18. The van der Waals surface area contributed by atoms with Crippen molar-refractivity contribution < 1.29 is 32.6 Å². The van der Waals surface area contributed by atoms with Gasteiger partial charge >= 0.3 is 6.09 Å². The summed E-state index contributed by atoms with van der Waals surface area (Å²) in [5, 5.41) is 14.2. The number of benzene rings is 3. The SMILES string of the molecule is CC(C)(C)OC(=O)NC(Cc1ccccc1)[C@H](O)CN(OC1CCCC1)S(=O)(=O)c1ccc(OCc2ccccc2)cc1. The van der Waals surface area contributed by atoms with E-state index in [0.717, 1.165) is 41.3 Å². The highest BCUT2D eigenvalue weighted by atomic mass is 32.2. The van der Waals surface area contributed by atoms with Crippen LogP contribution < -0.4 is 10.1 Å². The fraction of sp³-hybridized carbons (Fsp3) is 0.424. The van der Waals surface area contributed by atoms with Gasteiger partial charge in [-0.2, -0.15) is 0 Å². The van der Waals surface area contributed by atoms with Gasteiger partial charge in [-0.3, -0.25) is 4.84 Å². The molecule has 1 aliphatic rings. The molecule has 3 aromatic rings. The van der Waals surface area contributed by atoms with Crippen molar-refractivity contribution in [1.29, 1.82) is 0 Å². The number of nitrogens with zero attached hydrogens (tertiary/aromatic N) is 1. The highest BCUT2D eigenvalue weighted by Crippen LogP contribution is 2.27. The molecule has 0 aromatic heterocycles. The van der Waals surface area contributed by atoms with E-state index in [1.165, 1.54) is 12.1 Å². The molecule has 1 saturated carbocycles. The Kier molecular flexibility index (Phi) is 11.2. The van der Waals surface area contributed by atoms with E-state index in [-0.39, 0.29) is 17.4 Å². The largest absolute Gasteiger partial charge is 0.489 e. The second-order valence-electron chi connectivity index (χ2n) is 11.8. The van der Waals surface area contributed by atoms with E-state index in [0.29, 0.717) is 12.4 Å². The third-order valence-electron chi connectivity index (χ3n) is 7.01. The number of aliphatic hydroxyl groups is 1. The van der Waals surface area contributed by atoms with E-state index in [1.807, 2.05) is 60.7 Å². The Bertz CT molecular complexity index is 1390. The van der Waals surface area contributed by atoms with Gasteiger partial charge in [-0.15, -0.1) is 0 Å². The number of rotatable bonds is 13. The smallest absolute Gasteiger partial charge is 0.407 e. The second-order valence-corrected chi connectivity index (χ2v) is 13.6. The van der Waals surface area contributed by atoms with Crippen LogP contribution in [0.4, 0.5) is 4.79 Å². The summed E-state index contributed by atoms with van der Waals surface area (Å²) in [5.41, 5.74) is 1.11. The van der Waals surface area contributed by atoms with Gasteiger partial charge in [0, 0.05) is 0 Å². The van der Waals surface area contributed by atoms with E-state index in [9.17, 15) is 18.3 Å². The Balaban J connectivity index is 1.53. The number of hydrogen-bond acceptors (Lipinski definition) is 7. The third-order valence-corrected chi connectivity index (χ3v) is 8.65. The van der Waals surface area contributed by atoms with Crippen LogP contribution in [-0.4, -0.2) is 54.5 Å². The lowest BCUT2D eigenvalue weighted by molar-refractivity contribution is -0.145. The number of aliphatic hydroxyl groups excluding tert-OH is 1. The summed E-state index contributed by atoms with van der Waals surface area (Å²) in [5.74, 6) is 0.524. The summed E-state index contributed by atoms with van der Waals surface area (Å²) in [6.07, 6.45) is 1.27. The molecule has 3 aromatic carbocycles. The summed E-state index contributed by atoms with van der Waals surface area (Å²) in [7, 11) is -4.18. The van der Waals surface area contributed by atoms with Gasteiger partial charge in [0.15, 0.2) is 0 Å². The summed E-state index contributed by atoms with van der Waals surface area (Å²) >= 11 is 0. The van der Waals surface area contributed by atoms with Crippen molar-refractivity contribution in [2.75, 3.05) is 6.54 Å². The van der Waals surface area contributed by atoms with E-state index in [2.05, 4.69) is 5.32 Å². The van der Waals surface area contributed by atoms with Gasteiger partial charge in [0.25, 0.3) is 10.0 Å². The maximum atomic E-state index is 13.9. The zero-order valence-corrected chi connectivity index (χ0v) is 25.8. The number of nitrogens with one attached hydrogen (secondary N) is 1. The number of amides is 1. The first kappa shape index (κ1) is 32.5. The zero-order chi connectivity index (χ0) is 30.9. The minimum Gasteiger partial charge on any atom is -0.489 e. The molecule has 1 unspecified atom stereocenters. The van der Waals surface area contributed by atoms with Gasteiger partial charge in [0.1, 0.15) is 18.0 Å². The maximum Gasteiger partial charge on any atom is 0.407 e. The summed E-state index contributed by atoms with van der Waals surface area (Å²) in [6, 6.07) is 24.3. The molecular weight excluding hydrogens is 568 g/mol. The number of carbonyl (C=O) groups is 1. The standard InChI is InChI=1S/C33H42N2O7S/c1-33(2,3)41-32(37)34-30(22-25-12-6-4-7-13-25)31(36)23-35(42-28-16-10-11-17-28)43(38,39)29-20-18-27(19-21-29)40-24-26-14-8-5-9-15-26/h4-9,12-15,18-21,28,30-31,36H,10-11,16-17,22-24H2,1-3H3,(H,34,37)/t30?,31-/m1/s1. The molecule has 43 heavy (non-hydrogen) atoms. The highest BCUT2D eigenvalue weighted by molar-refractivity contribution is 7.89. The van der Waals surface area contributed by atoms with Crippen LogP contribution >= 0.6 is 0 Å². The zero-order valence-electron chi connectivity index (χ0n) is 25.0. The first-order valence-electron chi connectivity index (χ1n) is 14.7. The summed E-state index contributed by atoms with van der Waals surface area (Å²) < 4.78 is 39.9. The van der Waals surface area contributed by atoms with E-state index < -0.39 is 40.4 Å². The fourth-order valence-corrected chi connectivity index (χ4v) is 6.11. The predicted molar refractivity (Wildman–Crippen MR) is 164 cm³/mol. The lowest BCUT2D eigenvalue weighted by atomic mass is 10.0. The third kappa shape index (κ3) is 10.1. The molecule has 1 fully saturated rings. The van der Waals surface area contributed by atoms with E-state index >= 15 is 0 Å². The molecule has 232 valence electrons. The average Bonchev–Trinajstić information content (AvgIpc) is 3.49. The Hall–Kier alpha value is -3.44. The molecular formula is C33H42N2O7S. The molecule has 1 amide bonds. The van der Waals surface area contributed by atoms with Gasteiger partial charge in [0.05, 0.1) is 29.7 Å². The van der Waals surface area contributed by atoms with Crippen LogP contribution in [0.15, 0.2) is 89.8 Å². The molecule has 0 saturated heterocycles. The second kappa shape index (κ2) is 14.8. The number of carbonyl (C=O) groups excluding carboxylic acids is 1. The van der Waals surface area contributed by atoms with Gasteiger partial charge in [-0.25, -0.2) is 13.2 Å². The van der Waals surface area contributed by atoms with Crippen molar-refractivity contribution in [1.82, 2.24) is 9.79 Å². The lowest BCUT2D eigenvalue weighted by Crippen LogP contribution is -2.51. The maximum absolute atomic E-state index is 13.9. The Morgan fingerprint density at radius 2 is 1.51 bits per heavy atom. The van der Waals surface area contributed by atoms with Crippen LogP contribution in [0.2, 0.25) is 0 Å². The first-order chi connectivity index (χ1) is 20.5. The van der Waals surface area contributed by atoms with E-state index in [1.54, 1.807) is 32.9 Å². The van der Waals surface area contributed by atoms with Crippen LogP contribution in [0.3, 0.4) is 0 Å². The van der Waals surface area contributed by atoms with E-state index in [4.69, 9.17) is 14.3 Å². The topological polar surface area (TPSA) is 114 Å². The Labute approximate surface area is 254 Å². The molecule has 1 aliphatic carbocycles. The van der Waals surface area contributed by atoms with Crippen molar-refractivity contribution >= 4 is 16.1 Å². The van der Waals surface area contributed by atoms with Crippen LogP contribution in [0, 0.1) is 0 Å². The van der Waals surface area contributed by atoms with Crippen LogP contribution in [-0.2, 0) is 32.6 Å². The van der Waals surface area contributed by atoms with Gasteiger partial charge < -0.3 is 19.9 Å². The number of hydroxylamine groups is 1. The number of sulfonamides is 1. The molecule has 0 radical (unpaired) electrons. The quantitative estimate of drug-likeness (QED) is 0.241. The van der Waals surface area contributed by atoms with Crippen molar-refractivity contribution in [2.45, 2.75) is 88.2 Å². The predicted octanol–water partition coefficient (Wildman–Crippen LogP) is 5.63. The number of alkyl carbamates (subject to hydrolysis) is 1. The monoisotopic (exact) mass is 610 g/mol. The van der Waals surface area contributed by atoms with Gasteiger partial charge in [-0.05, 0) is 75.4 Å². The molecule has 0 spiro atoms. The molecule has 9 nitrogen and oxygen atoms in total. The fourth-order valence-electron chi connectivity index (χ4n) is 4.81. The lowest BCUT2D eigenvalue weighted by Gasteiger charge is -2.31. The Morgan fingerprint density at radius 3 is 2.09 bits per heavy atom. The van der Waals surface area contributed by atoms with Gasteiger partial charge in [-0.1, -0.05) is 78.0 Å². The molecule has 2 atom stereocenters. The molecule has 2 N–H and O–H groups in total. The van der Waals surface area contributed by atoms with Crippen LogP contribution in [0.25, 0.3) is 0 Å². The number of hydrogen-bond donors (Lipinski definition) is 2. The van der Waals surface area contributed by atoms with Crippen molar-refractivity contribution in [2.24, 2.45) is 0 Å². The van der Waals surface area contributed by atoms with Crippen molar-refractivity contribution in [3.8, 4) is 5.75 Å². The summed E-state index contributed by atoms with van der Waals surface area (Å²) in [4.78, 5) is 18.7. The molecule has 0 bridgehead atoms. The minimum absolute atomic E-state index is 0.00414. The van der Waals surface area contributed by atoms with Crippen LogP contribution in [0.5, 0.6) is 5.75 Å². The highest BCUT2D eigenvalue weighted by Gasteiger charge is 2.35. The normalized spacial score (nSPS) is 15.7. The van der Waals surface area contributed by atoms with Crippen molar-refractivity contribution in [3.05, 3.63) is 96.1 Å².